The first-order valence-electron chi connectivity index (χ1n) is 6.60. The standard InChI is InChI=1S/C16H16ClFN2O/c1-11-2-5-14(10-15(11)17)19-9-8-16(21)20-13-6-3-12(18)4-7-13/h2-7,10,19H,8-9H2,1H3,(H,20,21). The number of anilines is 2. The van der Waals surface area contributed by atoms with Gasteiger partial charge in [0.05, 0.1) is 0 Å². The van der Waals surface area contributed by atoms with Crippen LogP contribution in [-0.4, -0.2) is 12.5 Å². The molecule has 0 saturated heterocycles. The first kappa shape index (κ1) is 15.3. The Morgan fingerprint density at radius 1 is 1.14 bits per heavy atom. The predicted molar refractivity (Wildman–Crippen MR) is 84.3 cm³/mol. The molecule has 0 heterocycles. The van der Waals surface area contributed by atoms with Gasteiger partial charge in [-0.2, -0.15) is 0 Å². The molecule has 0 bridgehead atoms. The van der Waals surface area contributed by atoms with Crippen molar-refractivity contribution in [2.24, 2.45) is 0 Å². The van der Waals surface area contributed by atoms with Gasteiger partial charge in [0, 0.05) is 29.4 Å². The molecule has 3 nitrogen and oxygen atoms in total. The van der Waals surface area contributed by atoms with Crippen molar-refractivity contribution >= 4 is 28.9 Å². The van der Waals surface area contributed by atoms with Crippen LogP contribution in [0.15, 0.2) is 42.5 Å². The second-order valence-corrected chi connectivity index (χ2v) is 5.10. The molecule has 0 aliphatic rings. The lowest BCUT2D eigenvalue weighted by molar-refractivity contribution is -0.115. The molecule has 1 amide bonds. The van der Waals surface area contributed by atoms with E-state index in [-0.39, 0.29) is 11.7 Å². The highest BCUT2D eigenvalue weighted by molar-refractivity contribution is 6.31. The Bertz CT molecular complexity index is 629. The van der Waals surface area contributed by atoms with Crippen LogP contribution in [0.1, 0.15) is 12.0 Å². The zero-order chi connectivity index (χ0) is 15.2. The van der Waals surface area contributed by atoms with E-state index in [0.29, 0.717) is 23.7 Å². The summed E-state index contributed by atoms with van der Waals surface area (Å²) in [5, 5.41) is 6.53. The number of carbonyl (C=O) groups excluding carboxylic acids is 1. The molecule has 0 fully saturated rings. The van der Waals surface area contributed by atoms with Crippen molar-refractivity contribution in [2.45, 2.75) is 13.3 Å². The minimum absolute atomic E-state index is 0.132. The maximum Gasteiger partial charge on any atom is 0.226 e. The summed E-state index contributed by atoms with van der Waals surface area (Å²) >= 11 is 6.03. The molecule has 0 aromatic heterocycles. The largest absolute Gasteiger partial charge is 0.384 e. The van der Waals surface area contributed by atoms with E-state index in [1.165, 1.54) is 24.3 Å². The number of amides is 1. The van der Waals surface area contributed by atoms with Gasteiger partial charge in [0.1, 0.15) is 5.82 Å². The van der Waals surface area contributed by atoms with Crippen molar-refractivity contribution in [2.75, 3.05) is 17.2 Å². The number of halogens is 2. The maximum absolute atomic E-state index is 12.7. The van der Waals surface area contributed by atoms with E-state index in [1.54, 1.807) is 0 Å². The van der Waals surface area contributed by atoms with Gasteiger partial charge >= 0.3 is 0 Å². The van der Waals surface area contributed by atoms with E-state index in [9.17, 15) is 9.18 Å². The Morgan fingerprint density at radius 3 is 2.48 bits per heavy atom. The van der Waals surface area contributed by atoms with Crippen molar-refractivity contribution in [3.63, 3.8) is 0 Å². The molecule has 5 heteroatoms. The van der Waals surface area contributed by atoms with Crippen LogP contribution in [0.3, 0.4) is 0 Å². The van der Waals surface area contributed by atoms with Gasteiger partial charge in [-0.1, -0.05) is 17.7 Å². The molecule has 21 heavy (non-hydrogen) atoms. The lowest BCUT2D eigenvalue weighted by atomic mass is 10.2. The zero-order valence-electron chi connectivity index (χ0n) is 11.6. The quantitative estimate of drug-likeness (QED) is 0.868. The third-order valence-electron chi connectivity index (χ3n) is 2.98. The van der Waals surface area contributed by atoms with Crippen LogP contribution in [0, 0.1) is 12.7 Å². The van der Waals surface area contributed by atoms with E-state index >= 15 is 0 Å². The molecular weight excluding hydrogens is 291 g/mol. The van der Waals surface area contributed by atoms with E-state index in [0.717, 1.165) is 11.3 Å². The second-order valence-electron chi connectivity index (χ2n) is 4.70. The van der Waals surface area contributed by atoms with Crippen LogP contribution in [0.2, 0.25) is 5.02 Å². The summed E-state index contributed by atoms with van der Waals surface area (Å²) < 4.78 is 12.7. The van der Waals surface area contributed by atoms with Crippen LogP contribution in [0.5, 0.6) is 0 Å². The van der Waals surface area contributed by atoms with Crippen molar-refractivity contribution in [3.05, 3.63) is 58.9 Å². The van der Waals surface area contributed by atoms with Gasteiger partial charge in [-0.25, -0.2) is 4.39 Å². The summed E-state index contributed by atoms with van der Waals surface area (Å²) in [5.74, 6) is -0.460. The Morgan fingerprint density at radius 2 is 1.81 bits per heavy atom. The fraction of sp³-hybridized carbons (Fsp3) is 0.188. The highest BCUT2D eigenvalue weighted by Crippen LogP contribution is 2.19. The lowest BCUT2D eigenvalue weighted by Gasteiger charge is -2.08. The van der Waals surface area contributed by atoms with Gasteiger partial charge in [0.2, 0.25) is 5.91 Å². The van der Waals surface area contributed by atoms with Gasteiger partial charge in [-0.05, 0) is 48.9 Å². The van der Waals surface area contributed by atoms with E-state index < -0.39 is 0 Å². The monoisotopic (exact) mass is 306 g/mol. The number of benzene rings is 2. The molecule has 110 valence electrons. The fourth-order valence-electron chi connectivity index (χ4n) is 1.78. The normalized spacial score (nSPS) is 10.2. The van der Waals surface area contributed by atoms with E-state index in [4.69, 9.17) is 11.6 Å². The summed E-state index contributed by atoms with van der Waals surface area (Å²) in [6.07, 6.45) is 0.308. The average molecular weight is 307 g/mol. The van der Waals surface area contributed by atoms with Crippen LogP contribution in [-0.2, 0) is 4.79 Å². The van der Waals surface area contributed by atoms with Crippen molar-refractivity contribution in [1.82, 2.24) is 0 Å². The summed E-state index contributed by atoms with van der Waals surface area (Å²) in [4.78, 5) is 11.7. The third-order valence-corrected chi connectivity index (χ3v) is 3.39. The summed E-state index contributed by atoms with van der Waals surface area (Å²) in [6.45, 7) is 2.43. The Kier molecular flexibility index (Phi) is 5.17. The molecule has 0 saturated carbocycles. The Balaban J connectivity index is 1.78. The smallest absolute Gasteiger partial charge is 0.226 e. The van der Waals surface area contributed by atoms with Crippen LogP contribution in [0.25, 0.3) is 0 Å². The van der Waals surface area contributed by atoms with Gasteiger partial charge < -0.3 is 10.6 Å². The summed E-state index contributed by atoms with van der Waals surface area (Å²) in [7, 11) is 0. The van der Waals surface area contributed by atoms with Crippen LogP contribution < -0.4 is 10.6 Å². The average Bonchev–Trinajstić information content (AvgIpc) is 2.45. The summed E-state index contributed by atoms with van der Waals surface area (Å²) in [6, 6.07) is 11.3. The number of aryl methyl sites for hydroxylation is 1. The van der Waals surface area contributed by atoms with Gasteiger partial charge in [0.15, 0.2) is 0 Å². The second kappa shape index (κ2) is 7.09. The fourth-order valence-corrected chi connectivity index (χ4v) is 1.96. The molecule has 0 aliphatic heterocycles. The molecule has 0 radical (unpaired) electrons. The Labute approximate surface area is 128 Å². The molecule has 0 aliphatic carbocycles. The highest BCUT2D eigenvalue weighted by Gasteiger charge is 2.03. The third kappa shape index (κ3) is 4.76. The first-order valence-corrected chi connectivity index (χ1v) is 6.98. The van der Waals surface area contributed by atoms with Crippen LogP contribution >= 0.6 is 11.6 Å². The molecule has 2 aromatic rings. The van der Waals surface area contributed by atoms with E-state index in [2.05, 4.69) is 10.6 Å². The molecule has 2 rings (SSSR count). The van der Waals surface area contributed by atoms with Gasteiger partial charge in [0.25, 0.3) is 0 Å². The summed E-state index contributed by atoms with van der Waals surface area (Å²) in [5.41, 5.74) is 2.47. The molecule has 2 aromatic carbocycles. The molecule has 0 unspecified atom stereocenters. The topological polar surface area (TPSA) is 41.1 Å². The number of hydrogen-bond acceptors (Lipinski definition) is 2. The zero-order valence-corrected chi connectivity index (χ0v) is 12.4. The minimum Gasteiger partial charge on any atom is -0.384 e. The predicted octanol–water partition coefficient (Wildman–Crippen LogP) is 4.23. The van der Waals surface area contributed by atoms with E-state index in [1.807, 2.05) is 25.1 Å². The number of nitrogens with one attached hydrogen (secondary N) is 2. The maximum atomic E-state index is 12.7. The lowest BCUT2D eigenvalue weighted by Crippen LogP contribution is -2.16. The van der Waals surface area contributed by atoms with Gasteiger partial charge in [-0.15, -0.1) is 0 Å². The molecule has 0 spiro atoms. The molecule has 0 atom stereocenters. The first-order chi connectivity index (χ1) is 10.0. The van der Waals surface area contributed by atoms with Crippen LogP contribution in [0.4, 0.5) is 15.8 Å². The SMILES string of the molecule is Cc1ccc(NCCC(=O)Nc2ccc(F)cc2)cc1Cl. The number of hydrogen-bond donors (Lipinski definition) is 2. The van der Waals surface area contributed by atoms with Crippen molar-refractivity contribution < 1.29 is 9.18 Å². The van der Waals surface area contributed by atoms with Crippen molar-refractivity contribution in [3.8, 4) is 0 Å². The number of carbonyl (C=O) groups is 1. The Hall–Kier alpha value is -2.07. The molecule has 2 N–H and O–H groups in total. The highest BCUT2D eigenvalue weighted by atomic mass is 35.5. The van der Waals surface area contributed by atoms with Crippen molar-refractivity contribution in [1.29, 1.82) is 0 Å². The molecular formula is C16H16ClFN2O. The van der Waals surface area contributed by atoms with Gasteiger partial charge in [-0.3, -0.25) is 4.79 Å². The minimum atomic E-state index is -0.328. The number of rotatable bonds is 5.